The molecule has 0 spiro atoms. The molecule has 2 rings (SSSR count). The van der Waals surface area contributed by atoms with Crippen molar-refractivity contribution in [3.05, 3.63) is 35.7 Å². The van der Waals surface area contributed by atoms with Crippen molar-refractivity contribution in [3.63, 3.8) is 0 Å². The Labute approximate surface area is 94.8 Å². The highest BCUT2D eigenvalue weighted by atomic mass is 35.5. The number of hydrogen-bond acceptors (Lipinski definition) is 3. The van der Waals surface area contributed by atoms with Crippen LogP contribution in [-0.4, -0.2) is 20.2 Å². The minimum absolute atomic E-state index is 0.0625. The first kappa shape index (κ1) is 10.9. The number of rotatable bonds is 2. The zero-order valence-electron chi connectivity index (χ0n) is 8.23. The van der Waals surface area contributed by atoms with Crippen molar-refractivity contribution in [2.24, 2.45) is 0 Å². The van der Waals surface area contributed by atoms with Crippen LogP contribution in [0.25, 0.3) is 5.69 Å². The largest absolute Gasteiger partial charge is 0.204 e. The Balaban J connectivity index is 2.59. The highest BCUT2D eigenvalue weighted by Gasteiger charge is 2.17. The number of hydrogen-bond donors (Lipinski definition) is 0. The second-order valence-corrected chi connectivity index (χ2v) is 3.79. The van der Waals surface area contributed by atoms with Crippen LogP contribution in [0.3, 0.4) is 0 Å². The molecule has 4 nitrogen and oxygen atoms in total. The molecular weight excluding hydrogens is 238 g/mol. The summed E-state index contributed by atoms with van der Waals surface area (Å²) in [6, 6.07) is 3.77. The number of alkyl halides is 1. The van der Waals surface area contributed by atoms with Gasteiger partial charge in [-0.15, -0.1) is 16.7 Å². The molecule has 0 N–H and O–H groups in total. The molecule has 84 valence electrons. The van der Waals surface area contributed by atoms with Gasteiger partial charge in [-0.1, -0.05) is 6.07 Å². The van der Waals surface area contributed by atoms with Crippen LogP contribution in [0, 0.1) is 11.6 Å². The molecule has 7 heteroatoms. The molecule has 0 saturated heterocycles. The Kier molecular flexibility index (Phi) is 2.82. The monoisotopic (exact) mass is 244 g/mol. The maximum atomic E-state index is 13.5. The van der Waals surface area contributed by atoms with E-state index in [-0.39, 0.29) is 11.5 Å². The molecule has 16 heavy (non-hydrogen) atoms. The average Bonchev–Trinajstić information content (AvgIpc) is 2.70. The smallest absolute Gasteiger partial charge is 0.184 e. The van der Waals surface area contributed by atoms with E-state index in [1.54, 1.807) is 6.92 Å². The summed E-state index contributed by atoms with van der Waals surface area (Å²) in [6.07, 6.45) is 0. The lowest BCUT2D eigenvalue weighted by Gasteiger charge is -2.06. The summed E-state index contributed by atoms with van der Waals surface area (Å²) in [5.74, 6) is -1.71. The highest BCUT2D eigenvalue weighted by molar-refractivity contribution is 6.20. The highest BCUT2D eigenvalue weighted by Crippen LogP contribution is 2.21. The quantitative estimate of drug-likeness (QED) is 0.761. The fourth-order valence-corrected chi connectivity index (χ4v) is 1.41. The molecule has 0 amide bonds. The van der Waals surface area contributed by atoms with Crippen molar-refractivity contribution in [1.82, 2.24) is 20.2 Å². The summed E-state index contributed by atoms with van der Waals surface area (Å²) in [5, 5.41) is 10.1. The second-order valence-electron chi connectivity index (χ2n) is 3.14. The molecule has 1 atom stereocenters. The molecular formula is C9H7ClF2N4. The van der Waals surface area contributed by atoms with Gasteiger partial charge in [0.2, 0.25) is 0 Å². The first-order valence-electron chi connectivity index (χ1n) is 4.48. The SMILES string of the molecule is CC(Cl)c1nnnn1-c1cccc(F)c1F. The van der Waals surface area contributed by atoms with Crippen molar-refractivity contribution >= 4 is 11.6 Å². The third-order valence-corrected chi connectivity index (χ3v) is 2.20. The lowest BCUT2D eigenvalue weighted by Crippen LogP contribution is -2.07. The summed E-state index contributed by atoms with van der Waals surface area (Å²) in [5.41, 5.74) is -0.0625. The number of halogens is 3. The van der Waals surface area contributed by atoms with Gasteiger partial charge >= 0.3 is 0 Å². The Morgan fingerprint density at radius 1 is 1.38 bits per heavy atom. The Bertz CT molecular complexity index is 512. The zero-order valence-corrected chi connectivity index (χ0v) is 8.99. The molecule has 1 unspecified atom stereocenters. The first-order valence-corrected chi connectivity index (χ1v) is 4.91. The third-order valence-electron chi connectivity index (χ3n) is 2.01. The normalized spacial score (nSPS) is 12.8. The van der Waals surface area contributed by atoms with Crippen molar-refractivity contribution in [2.45, 2.75) is 12.3 Å². The molecule has 1 aromatic heterocycles. The fourth-order valence-electron chi connectivity index (χ4n) is 1.27. The molecule has 2 aromatic rings. The molecule has 0 saturated carbocycles. The van der Waals surface area contributed by atoms with Crippen LogP contribution < -0.4 is 0 Å². The Morgan fingerprint density at radius 3 is 2.81 bits per heavy atom. The van der Waals surface area contributed by atoms with Gasteiger partial charge in [0.15, 0.2) is 17.5 Å². The van der Waals surface area contributed by atoms with E-state index >= 15 is 0 Å². The van der Waals surface area contributed by atoms with Gasteiger partial charge in [0.25, 0.3) is 0 Å². The van der Waals surface area contributed by atoms with Gasteiger partial charge in [-0.05, 0) is 29.5 Å². The Hall–Kier alpha value is -1.56. The standard InChI is InChI=1S/C9H7ClF2N4/c1-5(10)9-13-14-15-16(9)7-4-2-3-6(11)8(7)12/h2-5H,1H3. The van der Waals surface area contributed by atoms with Crippen LogP contribution in [-0.2, 0) is 0 Å². The van der Waals surface area contributed by atoms with Crippen LogP contribution in [0.2, 0.25) is 0 Å². The number of benzene rings is 1. The summed E-state index contributed by atoms with van der Waals surface area (Å²) >= 11 is 5.81. The van der Waals surface area contributed by atoms with E-state index in [1.807, 2.05) is 0 Å². The lowest BCUT2D eigenvalue weighted by molar-refractivity contribution is 0.499. The summed E-state index contributed by atoms with van der Waals surface area (Å²) < 4.78 is 27.6. The van der Waals surface area contributed by atoms with Gasteiger partial charge in [0, 0.05) is 0 Å². The maximum Gasteiger partial charge on any atom is 0.184 e. The number of aromatic nitrogens is 4. The van der Waals surface area contributed by atoms with Crippen molar-refractivity contribution in [2.75, 3.05) is 0 Å². The third kappa shape index (κ3) is 1.76. The predicted octanol–water partition coefficient (Wildman–Crippen LogP) is 2.24. The van der Waals surface area contributed by atoms with E-state index in [0.29, 0.717) is 0 Å². The maximum absolute atomic E-state index is 13.5. The van der Waals surface area contributed by atoms with E-state index in [0.717, 1.165) is 10.7 Å². The molecule has 0 radical (unpaired) electrons. The molecule has 1 aromatic carbocycles. The van der Waals surface area contributed by atoms with Crippen molar-refractivity contribution in [1.29, 1.82) is 0 Å². The van der Waals surface area contributed by atoms with E-state index in [2.05, 4.69) is 15.5 Å². The van der Waals surface area contributed by atoms with Crippen LogP contribution >= 0.6 is 11.6 Å². The van der Waals surface area contributed by atoms with E-state index in [9.17, 15) is 8.78 Å². The lowest BCUT2D eigenvalue weighted by atomic mass is 10.3. The fraction of sp³-hybridized carbons (Fsp3) is 0.222. The summed E-state index contributed by atoms with van der Waals surface area (Å²) in [6.45, 7) is 1.64. The second kappa shape index (κ2) is 4.13. The van der Waals surface area contributed by atoms with Gasteiger partial charge in [0.05, 0.1) is 5.38 Å². The molecule has 0 bridgehead atoms. The van der Waals surface area contributed by atoms with Crippen LogP contribution in [0.5, 0.6) is 0 Å². The van der Waals surface area contributed by atoms with E-state index in [1.165, 1.54) is 12.1 Å². The molecule has 0 aliphatic heterocycles. The molecule has 0 aliphatic carbocycles. The van der Waals surface area contributed by atoms with Crippen LogP contribution in [0.4, 0.5) is 8.78 Å². The van der Waals surface area contributed by atoms with Crippen molar-refractivity contribution < 1.29 is 8.78 Å². The first-order chi connectivity index (χ1) is 7.61. The molecule has 0 aliphatic rings. The van der Waals surface area contributed by atoms with Gasteiger partial charge in [-0.2, -0.15) is 4.68 Å². The average molecular weight is 245 g/mol. The van der Waals surface area contributed by atoms with E-state index in [4.69, 9.17) is 11.6 Å². The topological polar surface area (TPSA) is 43.6 Å². The summed E-state index contributed by atoms with van der Waals surface area (Å²) in [7, 11) is 0. The van der Waals surface area contributed by atoms with Gasteiger partial charge in [-0.25, -0.2) is 8.78 Å². The Morgan fingerprint density at radius 2 is 2.12 bits per heavy atom. The van der Waals surface area contributed by atoms with E-state index < -0.39 is 17.0 Å². The molecule has 1 heterocycles. The minimum atomic E-state index is -1.01. The van der Waals surface area contributed by atoms with Crippen LogP contribution in [0.1, 0.15) is 18.1 Å². The number of nitrogens with zero attached hydrogens (tertiary/aromatic N) is 4. The number of tetrazole rings is 1. The van der Waals surface area contributed by atoms with Gasteiger partial charge < -0.3 is 0 Å². The van der Waals surface area contributed by atoms with Crippen LogP contribution in [0.15, 0.2) is 18.2 Å². The predicted molar refractivity (Wildman–Crippen MR) is 53.3 cm³/mol. The van der Waals surface area contributed by atoms with Gasteiger partial charge in [-0.3, -0.25) is 0 Å². The zero-order chi connectivity index (χ0) is 11.7. The summed E-state index contributed by atoms with van der Waals surface area (Å²) in [4.78, 5) is 0. The minimum Gasteiger partial charge on any atom is -0.204 e. The molecule has 0 fully saturated rings. The van der Waals surface area contributed by atoms with Crippen molar-refractivity contribution in [3.8, 4) is 5.69 Å². The van der Waals surface area contributed by atoms with Gasteiger partial charge in [0.1, 0.15) is 5.69 Å².